The smallest absolute Gasteiger partial charge is 0.306 e. The number of aliphatic hydroxyl groups excluding tert-OH is 2. The fourth-order valence-electron chi connectivity index (χ4n) is 7.54. The molecule has 330 valence electrons. The van der Waals surface area contributed by atoms with E-state index in [2.05, 4.69) is 39.6 Å². The molecule has 0 spiro atoms. The number of nitrogens with one attached hydrogen (secondary N) is 1. The molecule has 4 aromatic rings. The number of fused-ring (bicyclic) bond motifs is 2. The lowest BCUT2D eigenvalue weighted by molar-refractivity contribution is -0.140. The summed E-state index contributed by atoms with van der Waals surface area (Å²) in [6.45, 7) is 0.332. The second-order valence-electron chi connectivity index (χ2n) is 14.0. The third kappa shape index (κ3) is 12.9. The maximum atomic E-state index is 10.9. The average Bonchev–Trinajstić information content (AvgIpc) is 3.77. The highest BCUT2D eigenvalue weighted by Gasteiger charge is 2.32. The topological polar surface area (TPSA) is 190 Å². The number of hydrogen-bond donors (Lipinski definition) is 5. The van der Waals surface area contributed by atoms with E-state index in [0.29, 0.717) is 46.6 Å². The SMILES string of the molecule is COc1nc(O[C@H]2CCc3c(-c4cccc5c4CC[C@@H]5Oc4nc(OC)c(CNC[C@@H](O)CC(=O)O)cc4Cl)cccc32)c(Cl)cc1CCC[C@@H](O)CC(=O)O.S.S.S.S. The van der Waals surface area contributed by atoms with Crippen LogP contribution in [-0.4, -0.2) is 75.3 Å². The van der Waals surface area contributed by atoms with Gasteiger partial charge in [-0.15, -0.1) is 0 Å². The van der Waals surface area contributed by atoms with E-state index in [-0.39, 0.29) is 104 Å². The molecule has 0 bridgehead atoms. The molecular weight excluding hydrogens is 894 g/mol. The van der Waals surface area contributed by atoms with Gasteiger partial charge in [-0.25, -0.2) is 0 Å². The van der Waals surface area contributed by atoms with E-state index in [4.69, 9.17) is 52.4 Å². The molecule has 0 amide bonds. The number of benzene rings is 2. The molecule has 0 unspecified atom stereocenters. The molecule has 19 heteroatoms. The average molecular weight is 947 g/mol. The van der Waals surface area contributed by atoms with Crippen molar-refractivity contribution in [3.63, 3.8) is 0 Å². The highest BCUT2D eigenvalue weighted by molar-refractivity contribution is 7.59. The maximum absolute atomic E-state index is 10.9. The van der Waals surface area contributed by atoms with Gasteiger partial charge in [0, 0.05) is 24.2 Å². The third-order valence-electron chi connectivity index (χ3n) is 10.1. The van der Waals surface area contributed by atoms with E-state index in [1.165, 1.54) is 25.3 Å². The Kier molecular flexibility index (Phi) is 21.5. The van der Waals surface area contributed by atoms with E-state index >= 15 is 0 Å². The molecule has 2 aliphatic carbocycles. The first-order valence-electron chi connectivity index (χ1n) is 18.5. The van der Waals surface area contributed by atoms with E-state index in [1.807, 2.05) is 12.1 Å². The summed E-state index contributed by atoms with van der Waals surface area (Å²) >= 11 is 13.3. The molecule has 0 radical (unpaired) electrons. The van der Waals surface area contributed by atoms with Crippen LogP contribution in [0.1, 0.15) is 84.1 Å². The molecule has 0 fully saturated rings. The van der Waals surface area contributed by atoms with Crippen LogP contribution in [0.15, 0.2) is 48.5 Å². The Labute approximate surface area is 387 Å². The summed E-state index contributed by atoms with van der Waals surface area (Å²) in [6.07, 6.45) is 1.22. The summed E-state index contributed by atoms with van der Waals surface area (Å²) in [5, 5.41) is 41.3. The summed E-state index contributed by atoms with van der Waals surface area (Å²) in [7, 11) is 3.02. The Hall–Kier alpha value is -3.26. The van der Waals surface area contributed by atoms with Crippen molar-refractivity contribution in [1.29, 1.82) is 0 Å². The minimum Gasteiger partial charge on any atom is -0.481 e. The minimum absolute atomic E-state index is 0. The quantitative estimate of drug-likeness (QED) is 0.0639. The van der Waals surface area contributed by atoms with Crippen molar-refractivity contribution < 1.29 is 49.0 Å². The summed E-state index contributed by atoms with van der Waals surface area (Å²) in [5.74, 6) is -0.928. The molecule has 2 aromatic heterocycles. The van der Waals surface area contributed by atoms with Crippen LogP contribution in [0.5, 0.6) is 23.5 Å². The van der Waals surface area contributed by atoms with Gasteiger partial charge in [0.2, 0.25) is 23.5 Å². The number of carboxylic acids is 2. The molecule has 13 nitrogen and oxygen atoms in total. The Balaban J connectivity index is 0.00000310. The first kappa shape index (κ1) is 52.9. The number of carbonyl (C=O) groups is 2. The normalized spacial score (nSPS) is 15.7. The number of pyridine rings is 2. The van der Waals surface area contributed by atoms with Gasteiger partial charge in [0.25, 0.3) is 0 Å². The Bertz CT molecular complexity index is 1940. The van der Waals surface area contributed by atoms with Crippen LogP contribution >= 0.6 is 77.2 Å². The predicted molar refractivity (Wildman–Crippen MR) is 250 cm³/mol. The number of aliphatic hydroxyl groups is 2. The highest BCUT2D eigenvalue weighted by atomic mass is 35.5. The second kappa shape index (κ2) is 24.4. The van der Waals surface area contributed by atoms with Crippen molar-refractivity contribution in [3.8, 4) is 34.6 Å². The van der Waals surface area contributed by atoms with Gasteiger partial charge in [0.05, 0.1) is 39.3 Å². The van der Waals surface area contributed by atoms with Crippen LogP contribution in [0.3, 0.4) is 0 Å². The molecule has 0 saturated carbocycles. The van der Waals surface area contributed by atoms with Crippen LogP contribution in [0.4, 0.5) is 0 Å². The van der Waals surface area contributed by atoms with Gasteiger partial charge in [-0.05, 0) is 90.5 Å². The molecule has 2 heterocycles. The Morgan fingerprint density at radius 1 is 0.733 bits per heavy atom. The predicted octanol–water partition coefficient (Wildman–Crippen LogP) is 7.13. The van der Waals surface area contributed by atoms with Crippen molar-refractivity contribution in [1.82, 2.24) is 15.3 Å². The number of ether oxygens (including phenoxy) is 4. The van der Waals surface area contributed by atoms with Crippen molar-refractivity contribution in [2.24, 2.45) is 0 Å². The van der Waals surface area contributed by atoms with Gasteiger partial charge in [-0.3, -0.25) is 9.59 Å². The van der Waals surface area contributed by atoms with E-state index in [1.54, 1.807) is 12.1 Å². The summed E-state index contributed by atoms with van der Waals surface area (Å²) in [4.78, 5) is 30.9. The lowest BCUT2D eigenvalue weighted by atomic mass is 9.91. The van der Waals surface area contributed by atoms with Crippen LogP contribution in [0.2, 0.25) is 10.0 Å². The highest BCUT2D eigenvalue weighted by Crippen LogP contribution is 2.46. The number of aliphatic carboxylic acids is 2. The molecule has 0 saturated heterocycles. The molecule has 6 rings (SSSR count). The largest absolute Gasteiger partial charge is 0.481 e. The fraction of sp³-hybridized carbons (Fsp3) is 0.415. The van der Waals surface area contributed by atoms with Gasteiger partial charge in [-0.1, -0.05) is 59.6 Å². The minimum atomic E-state index is -1.08. The number of halogens is 2. The first-order chi connectivity index (χ1) is 26.9. The molecular formula is C41H53Cl2N3O10S4. The molecule has 0 aliphatic heterocycles. The van der Waals surface area contributed by atoms with Crippen molar-refractivity contribution >= 4 is 89.1 Å². The Morgan fingerprint density at radius 3 is 1.68 bits per heavy atom. The molecule has 4 atom stereocenters. The Morgan fingerprint density at radius 2 is 1.20 bits per heavy atom. The zero-order valence-corrected chi connectivity index (χ0v) is 38.6. The number of nitrogens with zero attached hydrogens (tertiary/aromatic N) is 2. The molecule has 5 N–H and O–H groups in total. The van der Waals surface area contributed by atoms with Crippen LogP contribution in [0.25, 0.3) is 11.1 Å². The van der Waals surface area contributed by atoms with Gasteiger partial charge >= 0.3 is 11.9 Å². The lowest BCUT2D eigenvalue weighted by Gasteiger charge is -2.19. The molecule has 60 heavy (non-hydrogen) atoms. The molecule has 2 aliphatic rings. The van der Waals surface area contributed by atoms with Gasteiger partial charge < -0.3 is 44.7 Å². The third-order valence-corrected chi connectivity index (χ3v) is 10.6. The number of carboxylic acid groups (broad SMARTS) is 2. The molecule has 2 aromatic carbocycles. The lowest BCUT2D eigenvalue weighted by Crippen LogP contribution is -2.28. The number of hydrogen-bond acceptors (Lipinski definition) is 11. The number of aryl methyl sites for hydroxylation is 1. The van der Waals surface area contributed by atoms with Crippen LogP contribution in [0, 0.1) is 0 Å². The van der Waals surface area contributed by atoms with Crippen LogP contribution in [-0.2, 0) is 35.4 Å². The number of rotatable bonds is 19. The van der Waals surface area contributed by atoms with Crippen molar-refractivity contribution in [2.45, 2.75) is 88.7 Å². The second-order valence-corrected chi connectivity index (χ2v) is 14.8. The van der Waals surface area contributed by atoms with E-state index < -0.39 is 24.1 Å². The standard InChI is InChI=1S/C41H45Cl2N3O10.4H2S/c1-53-38-22(6-3-7-24(47)18-36(49)50)16-32(42)40(45-38)55-34-14-12-28-26(8-4-10-30(28)34)27-9-5-11-31-29(27)13-15-35(31)56-41-33(43)17-23(39(46-41)54-2)20-44-21-25(48)19-37(51)52;;;;/h4-5,8-11,16-17,24-25,34-35,44,47-48H,3,6-7,12-15,18-21H2,1-2H3,(H,49,50)(H,51,52);4*1H2/t24-,25+,34+,35+;;;;/m1..../s1. The number of aromatic nitrogens is 2. The maximum Gasteiger partial charge on any atom is 0.306 e. The van der Waals surface area contributed by atoms with Gasteiger partial charge in [0.15, 0.2) is 0 Å². The summed E-state index contributed by atoms with van der Waals surface area (Å²) in [6, 6.07) is 15.9. The van der Waals surface area contributed by atoms with Crippen molar-refractivity contribution in [3.05, 3.63) is 92.0 Å². The zero-order valence-electron chi connectivity index (χ0n) is 33.1. The first-order valence-corrected chi connectivity index (χ1v) is 19.3. The summed E-state index contributed by atoms with van der Waals surface area (Å²) < 4.78 is 24.0. The van der Waals surface area contributed by atoms with Gasteiger partial charge in [-0.2, -0.15) is 64.0 Å². The van der Waals surface area contributed by atoms with Crippen molar-refractivity contribution in [2.75, 3.05) is 20.8 Å². The van der Waals surface area contributed by atoms with Crippen LogP contribution < -0.4 is 24.3 Å². The number of methoxy groups -OCH3 is 2. The monoisotopic (exact) mass is 945 g/mol. The zero-order chi connectivity index (χ0) is 39.9. The van der Waals surface area contributed by atoms with E-state index in [0.717, 1.165) is 53.5 Å². The van der Waals surface area contributed by atoms with E-state index in [9.17, 15) is 19.8 Å². The fourth-order valence-corrected chi connectivity index (χ4v) is 7.98. The summed E-state index contributed by atoms with van der Waals surface area (Å²) in [5.41, 5.74) is 8.16. The van der Waals surface area contributed by atoms with Gasteiger partial charge in [0.1, 0.15) is 22.3 Å².